The van der Waals surface area contributed by atoms with Gasteiger partial charge in [0.15, 0.2) is 0 Å². The number of nitrogens with one attached hydrogen (secondary N) is 1. The molecule has 1 aliphatic heterocycles. The Morgan fingerprint density at radius 3 is 2.47 bits per heavy atom. The van der Waals surface area contributed by atoms with Gasteiger partial charge in [-0.1, -0.05) is 55.1 Å². The maximum Gasteiger partial charge on any atom is 0.226 e. The zero-order valence-electron chi connectivity index (χ0n) is 19.9. The van der Waals surface area contributed by atoms with Gasteiger partial charge in [-0.2, -0.15) is 0 Å². The first kappa shape index (κ1) is 22.6. The third kappa shape index (κ3) is 3.77. The van der Waals surface area contributed by atoms with Crippen LogP contribution < -0.4 is 5.32 Å². The molecular formula is C29H33N3O2. The predicted molar refractivity (Wildman–Crippen MR) is 134 cm³/mol. The zero-order valence-corrected chi connectivity index (χ0v) is 19.9. The molecule has 1 unspecified atom stereocenters. The number of allylic oxidation sites excluding steroid dienone is 5. The van der Waals surface area contributed by atoms with Crippen molar-refractivity contribution in [1.82, 2.24) is 14.9 Å². The minimum atomic E-state index is -0.309. The second-order valence-electron chi connectivity index (χ2n) is 10.2. The van der Waals surface area contributed by atoms with Crippen LogP contribution in [0.3, 0.4) is 0 Å². The lowest BCUT2D eigenvalue weighted by Crippen LogP contribution is -2.52. The molecule has 3 saturated carbocycles. The Bertz CT molecular complexity index is 1150. The van der Waals surface area contributed by atoms with Crippen LogP contribution >= 0.6 is 0 Å². The quantitative estimate of drug-likeness (QED) is 0.529. The number of carbonyl (C=O) groups excluding carboxylic acids is 2. The highest BCUT2D eigenvalue weighted by Gasteiger charge is 2.55. The largest absolute Gasteiger partial charge is 0.352 e. The average Bonchev–Trinajstić information content (AvgIpc) is 3.46. The van der Waals surface area contributed by atoms with Crippen LogP contribution in [0.1, 0.15) is 69.2 Å². The number of rotatable bonds is 8. The smallest absolute Gasteiger partial charge is 0.226 e. The first-order chi connectivity index (χ1) is 16.5. The van der Waals surface area contributed by atoms with E-state index >= 15 is 0 Å². The zero-order chi connectivity index (χ0) is 23.8. The summed E-state index contributed by atoms with van der Waals surface area (Å²) in [5.41, 5.74) is 3.95. The van der Waals surface area contributed by atoms with Crippen LogP contribution in [0.2, 0.25) is 0 Å². The van der Waals surface area contributed by atoms with Crippen molar-refractivity contribution >= 4 is 17.3 Å². The lowest BCUT2D eigenvalue weighted by Gasteiger charge is -2.51. The number of nitrogens with zero attached hydrogens (tertiary/aromatic N) is 2. The van der Waals surface area contributed by atoms with E-state index in [-0.39, 0.29) is 22.8 Å². The minimum absolute atomic E-state index is 0.0154. The third-order valence-electron chi connectivity index (χ3n) is 8.58. The van der Waals surface area contributed by atoms with Crippen molar-refractivity contribution < 1.29 is 9.59 Å². The van der Waals surface area contributed by atoms with Gasteiger partial charge >= 0.3 is 0 Å². The highest BCUT2D eigenvalue weighted by molar-refractivity contribution is 5.89. The van der Waals surface area contributed by atoms with Crippen LogP contribution in [0.4, 0.5) is 0 Å². The Kier molecular flexibility index (Phi) is 5.88. The fourth-order valence-corrected chi connectivity index (χ4v) is 6.31. The van der Waals surface area contributed by atoms with Crippen molar-refractivity contribution in [2.24, 2.45) is 10.8 Å². The van der Waals surface area contributed by atoms with E-state index in [0.717, 1.165) is 49.8 Å². The topological polar surface area (TPSA) is 64.0 Å². The maximum absolute atomic E-state index is 13.8. The van der Waals surface area contributed by atoms with Crippen LogP contribution in [-0.4, -0.2) is 21.2 Å². The van der Waals surface area contributed by atoms with Crippen LogP contribution in [0.25, 0.3) is 5.57 Å². The number of imidazole rings is 1. The lowest BCUT2D eigenvalue weighted by atomic mass is 9.51. The maximum atomic E-state index is 13.8. The van der Waals surface area contributed by atoms with Gasteiger partial charge in [-0.15, -0.1) is 0 Å². The van der Waals surface area contributed by atoms with Gasteiger partial charge in [-0.25, -0.2) is 4.98 Å². The fraction of sp³-hybridized carbons (Fsp3) is 0.414. The molecule has 0 radical (unpaired) electrons. The van der Waals surface area contributed by atoms with Crippen LogP contribution in [0, 0.1) is 10.8 Å². The molecule has 3 fully saturated rings. The minimum Gasteiger partial charge on any atom is -0.352 e. The Labute approximate surface area is 201 Å². The number of fused-ring (bicyclic) bond motifs is 4. The summed E-state index contributed by atoms with van der Waals surface area (Å²) >= 11 is 0. The molecule has 1 aromatic carbocycles. The number of aromatic nitrogens is 2. The van der Waals surface area contributed by atoms with Gasteiger partial charge in [-0.05, 0) is 62.2 Å². The molecule has 34 heavy (non-hydrogen) atoms. The summed E-state index contributed by atoms with van der Waals surface area (Å²) < 4.78 is 2.14. The number of Topliss-reactive ketones (excluding diaryl/α,β-unsaturated/α-hetero) is 1. The number of carbonyl (C=O) groups is 2. The number of hydrogen-bond donors (Lipinski definition) is 1. The summed E-state index contributed by atoms with van der Waals surface area (Å²) in [6.07, 6.45) is 14.8. The van der Waals surface area contributed by atoms with Gasteiger partial charge in [0.05, 0.1) is 24.3 Å². The average molecular weight is 456 g/mol. The van der Waals surface area contributed by atoms with E-state index in [1.807, 2.05) is 48.9 Å². The normalized spacial score (nSPS) is 27.7. The SMILES string of the molecule is C=C/C=C\C1=C(C)c2cncn2C1CC(=O)C12CCC(C(=O)NCc3ccccc3)(CC1)CC2. The van der Waals surface area contributed by atoms with Crippen molar-refractivity contribution in [2.75, 3.05) is 0 Å². The molecule has 3 aliphatic carbocycles. The monoisotopic (exact) mass is 455 g/mol. The molecule has 1 atom stereocenters. The van der Waals surface area contributed by atoms with E-state index in [9.17, 15) is 9.59 Å². The molecular weight excluding hydrogens is 422 g/mol. The molecule has 2 heterocycles. The molecule has 4 aliphatic rings. The van der Waals surface area contributed by atoms with E-state index in [2.05, 4.69) is 34.4 Å². The van der Waals surface area contributed by atoms with Crippen molar-refractivity contribution in [3.8, 4) is 0 Å². The second kappa shape index (κ2) is 8.86. The number of ketones is 1. The molecule has 1 amide bonds. The van der Waals surface area contributed by atoms with Gasteiger partial charge in [0.1, 0.15) is 5.78 Å². The summed E-state index contributed by atoms with van der Waals surface area (Å²) in [4.78, 5) is 31.3. The Morgan fingerprint density at radius 1 is 1.12 bits per heavy atom. The van der Waals surface area contributed by atoms with E-state index in [1.165, 1.54) is 11.1 Å². The van der Waals surface area contributed by atoms with E-state index < -0.39 is 0 Å². The molecule has 5 nitrogen and oxygen atoms in total. The van der Waals surface area contributed by atoms with Crippen molar-refractivity contribution in [3.63, 3.8) is 0 Å². The highest BCUT2D eigenvalue weighted by atomic mass is 16.2. The molecule has 1 aromatic heterocycles. The lowest BCUT2D eigenvalue weighted by molar-refractivity contribution is -0.149. The molecule has 0 saturated heterocycles. The highest BCUT2D eigenvalue weighted by Crippen LogP contribution is 2.58. The summed E-state index contributed by atoms with van der Waals surface area (Å²) in [6.45, 7) is 6.46. The Hall–Kier alpha value is -3.21. The standard InChI is InChI=1S/C29H33N3O2/c1-3-4-10-23-21(2)25-19-30-20-32(25)24(23)17-26(33)28-11-14-29(15-12-28,16-13-28)27(34)31-18-22-8-6-5-7-9-22/h3-10,19-20,24H,1,11-18H2,2H3,(H,31,34)/b10-4-. The molecule has 5 heteroatoms. The molecule has 0 spiro atoms. The van der Waals surface area contributed by atoms with Gasteiger partial charge in [0, 0.05) is 23.8 Å². The predicted octanol–water partition coefficient (Wildman–Crippen LogP) is 5.57. The summed E-state index contributed by atoms with van der Waals surface area (Å²) in [5, 5.41) is 3.17. The first-order valence-corrected chi connectivity index (χ1v) is 12.4. The van der Waals surface area contributed by atoms with E-state index in [0.29, 0.717) is 18.7 Å². The molecule has 2 bridgehead atoms. The van der Waals surface area contributed by atoms with Crippen molar-refractivity contribution in [2.45, 2.75) is 64.5 Å². The van der Waals surface area contributed by atoms with Gasteiger partial charge in [-0.3, -0.25) is 9.59 Å². The van der Waals surface area contributed by atoms with Crippen LogP contribution in [-0.2, 0) is 16.1 Å². The summed E-state index contributed by atoms with van der Waals surface area (Å²) in [6, 6.07) is 10.0. The van der Waals surface area contributed by atoms with Crippen molar-refractivity contribution in [3.05, 3.63) is 84.5 Å². The van der Waals surface area contributed by atoms with E-state index in [4.69, 9.17) is 0 Å². The molecule has 1 N–H and O–H groups in total. The Morgan fingerprint density at radius 2 is 1.79 bits per heavy atom. The molecule has 6 rings (SSSR count). The number of amides is 1. The summed E-state index contributed by atoms with van der Waals surface area (Å²) in [7, 11) is 0. The number of benzene rings is 1. The van der Waals surface area contributed by atoms with Gasteiger partial charge in [0.25, 0.3) is 0 Å². The first-order valence-electron chi connectivity index (χ1n) is 12.4. The van der Waals surface area contributed by atoms with Gasteiger partial charge < -0.3 is 9.88 Å². The Balaban J connectivity index is 1.26. The van der Waals surface area contributed by atoms with Crippen LogP contribution in [0.15, 0.2) is 73.2 Å². The second-order valence-corrected chi connectivity index (χ2v) is 10.2. The fourth-order valence-electron chi connectivity index (χ4n) is 6.31. The number of hydrogen-bond acceptors (Lipinski definition) is 3. The van der Waals surface area contributed by atoms with Crippen molar-refractivity contribution in [1.29, 1.82) is 0 Å². The molecule has 2 aromatic rings. The molecule has 176 valence electrons. The van der Waals surface area contributed by atoms with Gasteiger partial charge in [0.2, 0.25) is 5.91 Å². The third-order valence-corrected chi connectivity index (χ3v) is 8.58. The van der Waals surface area contributed by atoms with Crippen LogP contribution in [0.5, 0.6) is 0 Å². The van der Waals surface area contributed by atoms with E-state index in [1.54, 1.807) is 6.08 Å². The summed E-state index contributed by atoms with van der Waals surface area (Å²) in [5.74, 6) is 0.501.